The van der Waals surface area contributed by atoms with Gasteiger partial charge in [-0.15, -0.1) is 0 Å². The molecule has 5 nitrogen and oxygen atoms in total. The maximum absolute atomic E-state index is 12.2. The van der Waals surface area contributed by atoms with Gasteiger partial charge < -0.3 is 20.3 Å². The standard InChI is InChI=1S/C18H27N3O2/c1-5-21(12-18(3,4)23)17(22)19-10-9-14-11-20-15-8-6-7-13(2)16(14)15/h6-8,11,20,23H,5,9-10,12H2,1-4H3,(H,19,22). The Bertz CT molecular complexity index is 670. The highest BCUT2D eigenvalue weighted by molar-refractivity contribution is 5.86. The molecule has 0 bridgehead atoms. The fraction of sp³-hybridized carbons (Fsp3) is 0.500. The number of aryl methyl sites for hydroxylation is 1. The average molecular weight is 317 g/mol. The number of carbonyl (C=O) groups is 1. The van der Waals surface area contributed by atoms with Gasteiger partial charge in [-0.25, -0.2) is 4.79 Å². The summed E-state index contributed by atoms with van der Waals surface area (Å²) in [6.45, 7) is 8.89. The molecule has 0 unspecified atom stereocenters. The first-order valence-corrected chi connectivity index (χ1v) is 8.12. The molecule has 23 heavy (non-hydrogen) atoms. The molecular formula is C18H27N3O2. The third-order valence-electron chi connectivity index (χ3n) is 3.91. The molecule has 0 spiro atoms. The predicted molar refractivity (Wildman–Crippen MR) is 93.7 cm³/mol. The summed E-state index contributed by atoms with van der Waals surface area (Å²) in [5, 5.41) is 14.0. The number of aromatic nitrogens is 1. The number of aromatic amines is 1. The van der Waals surface area contributed by atoms with Crippen LogP contribution in [0.2, 0.25) is 0 Å². The van der Waals surface area contributed by atoms with E-state index < -0.39 is 5.60 Å². The second-order valence-electron chi connectivity index (χ2n) is 6.62. The van der Waals surface area contributed by atoms with Crippen molar-refractivity contribution in [3.8, 4) is 0 Å². The van der Waals surface area contributed by atoms with Gasteiger partial charge in [0.1, 0.15) is 0 Å². The highest BCUT2D eigenvalue weighted by atomic mass is 16.3. The Hall–Kier alpha value is -2.01. The molecule has 0 aliphatic rings. The monoisotopic (exact) mass is 317 g/mol. The van der Waals surface area contributed by atoms with Gasteiger partial charge in [-0.1, -0.05) is 12.1 Å². The van der Waals surface area contributed by atoms with Crippen LogP contribution >= 0.6 is 0 Å². The smallest absolute Gasteiger partial charge is 0.317 e. The van der Waals surface area contributed by atoms with Crippen molar-refractivity contribution in [3.63, 3.8) is 0 Å². The molecule has 1 aromatic heterocycles. The fourth-order valence-electron chi connectivity index (χ4n) is 2.86. The maximum Gasteiger partial charge on any atom is 0.317 e. The van der Waals surface area contributed by atoms with Gasteiger partial charge in [-0.2, -0.15) is 0 Å². The third-order valence-corrected chi connectivity index (χ3v) is 3.91. The molecule has 5 heteroatoms. The Morgan fingerprint density at radius 1 is 1.39 bits per heavy atom. The van der Waals surface area contributed by atoms with E-state index in [-0.39, 0.29) is 6.03 Å². The summed E-state index contributed by atoms with van der Waals surface area (Å²) in [5.74, 6) is 0. The molecule has 1 heterocycles. The van der Waals surface area contributed by atoms with Crippen molar-refractivity contribution < 1.29 is 9.90 Å². The maximum atomic E-state index is 12.2. The van der Waals surface area contributed by atoms with E-state index in [2.05, 4.69) is 29.4 Å². The number of rotatable bonds is 6. The first kappa shape index (κ1) is 17.3. The molecule has 3 N–H and O–H groups in total. The number of nitrogens with zero attached hydrogens (tertiary/aromatic N) is 1. The van der Waals surface area contributed by atoms with Crippen LogP contribution in [0.3, 0.4) is 0 Å². The quantitative estimate of drug-likeness (QED) is 0.767. The van der Waals surface area contributed by atoms with Crippen LogP contribution in [-0.4, -0.2) is 46.3 Å². The van der Waals surface area contributed by atoms with Crippen LogP contribution in [0, 0.1) is 6.92 Å². The minimum Gasteiger partial charge on any atom is -0.389 e. The van der Waals surface area contributed by atoms with Crippen LogP contribution < -0.4 is 5.32 Å². The van der Waals surface area contributed by atoms with Crippen molar-refractivity contribution in [1.29, 1.82) is 0 Å². The van der Waals surface area contributed by atoms with Crippen LogP contribution in [-0.2, 0) is 6.42 Å². The highest BCUT2D eigenvalue weighted by Gasteiger charge is 2.20. The number of nitrogens with one attached hydrogen (secondary N) is 2. The lowest BCUT2D eigenvalue weighted by atomic mass is 10.1. The van der Waals surface area contributed by atoms with Gasteiger partial charge >= 0.3 is 6.03 Å². The predicted octanol–water partition coefficient (Wildman–Crippen LogP) is 2.82. The average Bonchev–Trinajstić information content (AvgIpc) is 2.88. The number of hydrogen-bond donors (Lipinski definition) is 3. The first-order chi connectivity index (χ1) is 10.8. The number of aliphatic hydroxyl groups is 1. The van der Waals surface area contributed by atoms with Crippen molar-refractivity contribution in [2.45, 2.75) is 39.7 Å². The van der Waals surface area contributed by atoms with Crippen LogP contribution in [0.5, 0.6) is 0 Å². The number of likely N-dealkylation sites (N-methyl/N-ethyl adjacent to an activating group) is 1. The van der Waals surface area contributed by atoms with Crippen molar-refractivity contribution >= 4 is 16.9 Å². The Kier molecular flexibility index (Phi) is 5.31. The lowest BCUT2D eigenvalue weighted by Gasteiger charge is -2.28. The van der Waals surface area contributed by atoms with Gasteiger partial charge in [0.2, 0.25) is 0 Å². The summed E-state index contributed by atoms with van der Waals surface area (Å²) in [4.78, 5) is 17.1. The summed E-state index contributed by atoms with van der Waals surface area (Å²) >= 11 is 0. The SMILES string of the molecule is CCN(CC(C)(C)O)C(=O)NCCc1c[nH]c2cccc(C)c12. The molecular weight excluding hydrogens is 290 g/mol. The number of carbonyl (C=O) groups excluding carboxylic acids is 1. The minimum absolute atomic E-state index is 0.133. The molecule has 0 aliphatic carbocycles. The van der Waals surface area contributed by atoms with Gasteiger partial charge in [-0.05, 0) is 51.3 Å². The van der Waals surface area contributed by atoms with Crippen molar-refractivity contribution in [2.75, 3.05) is 19.6 Å². The Labute approximate surface area is 137 Å². The Balaban J connectivity index is 1.94. The molecule has 0 radical (unpaired) electrons. The number of urea groups is 1. The van der Waals surface area contributed by atoms with E-state index in [0.717, 1.165) is 11.9 Å². The molecule has 126 valence electrons. The molecule has 0 aliphatic heterocycles. The number of H-pyrrole nitrogens is 1. The van der Waals surface area contributed by atoms with E-state index in [1.165, 1.54) is 16.5 Å². The molecule has 2 amide bonds. The number of amides is 2. The zero-order valence-electron chi connectivity index (χ0n) is 14.4. The number of fused-ring (bicyclic) bond motifs is 1. The molecule has 0 saturated heterocycles. The van der Waals surface area contributed by atoms with Crippen molar-refractivity contribution in [2.24, 2.45) is 0 Å². The Morgan fingerprint density at radius 3 is 2.78 bits per heavy atom. The summed E-state index contributed by atoms with van der Waals surface area (Å²) in [5.41, 5.74) is 2.69. The highest BCUT2D eigenvalue weighted by Crippen LogP contribution is 2.22. The van der Waals surface area contributed by atoms with E-state index >= 15 is 0 Å². The van der Waals surface area contributed by atoms with E-state index in [9.17, 15) is 9.90 Å². The summed E-state index contributed by atoms with van der Waals surface area (Å²) < 4.78 is 0. The van der Waals surface area contributed by atoms with Crippen LogP contribution in [0.25, 0.3) is 10.9 Å². The van der Waals surface area contributed by atoms with Gasteiger partial charge in [0.05, 0.1) is 12.1 Å². The van der Waals surface area contributed by atoms with E-state index in [0.29, 0.717) is 19.6 Å². The summed E-state index contributed by atoms with van der Waals surface area (Å²) in [6.07, 6.45) is 2.79. The number of benzene rings is 1. The van der Waals surface area contributed by atoms with Crippen LogP contribution in [0.1, 0.15) is 31.9 Å². The topological polar surface area (TPSA) is 68.4 Å². The zero-order valence-corrected chi connectivity index (χ0v) is 14.4. The lowest BCUT2D eigenvalue weighted by molar-refractivity contribution is 0.0480. The first-order valence-electron chi connectivity index (χ1n) is 8.12. The molecule has 0 saturated carbocycles. The van der Waals surface area contributed by atoms with Gasteiger partial charge in [0.15, 0.2) is 0 Å². The van der Waals surface area contributed by atoms with Crippen LogP contribution in [0.15, 0.2) is 24.4 Å². The van der Waals surface area contributed by atoms with Gasteiger partial charge in [0.25, 0.3) is 0 Å². The lowest BCUT2D eigenvalue weighted by Crippen LogP contribution is -2.47. The molecule has 0 atom stereocenters. The Morgan fingerprint density at radius 2 is 2.13 bits per heavy atom. The van der Waals surface area contributed by atoms with E-state index in [4.69, 9.17) is 0 Å². The van der Waals surface area contributed by atoms with Gasteiger partial charge in [-0.3, -0.25) is 0 Å². The third kappa shape index (κ3) is 4.48. The largest absolute Gasteiger partial charge is 0.389 e. The zero-order chi connectivity index (χ0) is 17.0. The minimum atomic E-state index is -0.888. The van der Waals surface area contributed by atoms with Gasteiger partial charge in [0, 0.05) is 30.2 Å². The van der Waals surface area contributed by atoms with Crippen LogP contribution in [0.4, 0.5) is 4.79 Å². The van der Waals surface area contributed by atoms with Crippen molar-refractivity contribution in [3.05, 3.63) is 35.5 Å². The molecule has 2 rings (SSSR count). The molecule has 2 aromatic rings. The fourth-order valence-corrected chi connectivity index (χ4v) is 2.86. The molecule has 1 aromatic carbocycles. The normalized spacial score (nSPS) is 11.7. The number of hydrogen-bond acceptors (Lipinski definition) is 2. The van der Waals surface area contributed by atoms with E-state index in [1.807, 2.05) is 19.2 Å². The second kappa shape index (κ2) is 7.04. The van der Waals surface area contributed by atoms with E-state index in [1.54, 1.807) is 18.7 Å². The molecule has 0 fully saturated rings. The summed E-state index contributed by atoms with van der Waals surface area (Å²) in [7, 11) is 0. The second-order valence-corrected chi connectivity index (χ2v) is 6.62. The summed E-state index contributed by atoms with van der Waals surface area (Å²) in [6, 6.07) is 6.06. The van der Waals surface area contributed by atoms with Crippen molar-refractivity contribution in [1.82, 2.24) is 15.2 Å².